The summed E-state index contributed by atoms with van der Waals surface area (Å²) >= 11 is -1.88. The van der Waals surface area contributed by atoms with Gasteiger partial charge in [-0.25, -0.2) is 4.21 Å². The smallest absolute Gasteiger partial charge is 0.154 e. The highest BCUT2D eigenvalue weighted by molar-refractivity contribution is 7.79. The molecule has 4 nitrogen and oxygen atoms in total. The zero-order chi connectivity index (χ0) is 9.03. The standard InChI is InChI=1S/C7H11NO3S/c8-5-7(6-12(9)10)1-3-11-4-2-7/h1-4,6H2,(H,9,10). The summed E-state index contributed by atoms with van der Waals surface area (Å²) in [5, 5.41) is 8.84. The number of nitriles is 1. The highest BCUT2D eigenvalue weighted by Crippen LogP contribution is 2.30. The summed E-state index contributed by atoms with van der Waals surface area (Å²) in [6.45, 7) is 1.04. The Bertz CT molecular complexity index is 217. The SMILES string of the molecule is N#CC1(CS(=O)O)CCOCC1. The van der Waals surface area contributed by atoms with Gasteiger partial charge in [0.15, 0.2) is 11.1 Å². The summed E-state index contributed by atoms with van der Waals surface area (Å²) in [6, 6.07) is 2.12. The monoisotopic (exact) mass is 189 g/mol. The molecule has 0 spiro atoms. The van der Waals surface area contributed by atoms with Crippen molar-refractivity contribution in [1.82, 2.24) is 0 Å². The topological polar surface area (TPSA) is 70.3 Å². The minimum atomic E-state index is -1.88. The molecule has 0 aromatic heterocycles. The second-order valence-corrected chi connectivity index (χ2v) is 3.90. The zero-order valence-corrected chi connectivity index (χ0v) is 7.47. The fourth-order valence-electron chi connectivity index (χ4n) is 1.29. The van der Waals surface area contributed by atoms with E-state index in [0.717, 1.165) is 0 Å². The zero-order valence-electron chi connectivity index (χ0n) is 6.65. The summed E-state index contributed by atoms with van der Waals surface area (Å²) in [6.07, 6.45) is 1.13. The molecular formula is C7H11NO3S. The predicted octanol–water partition coefficient (Wildman–Crippen LogP) is 0.528. The van der Waals surface area contributed by atoms with Gasteiger partial charge >= 0.3 is 0 Å². The van der Waals surface area contributed by atoms with Crippen LogP contribution in [0.15, 0.2) is 0 Å². The van der Waals surface area contributed by atoms with Crippen LogP contribution in [-0.4, -0.2) is 27.7 Å². The third-order valence-electron chi connectivity index (χ3n) is 2.09. The Balaban J connectivity index is 2.61. The molecule has 0 aliphatic carbocycles. The van der Waals surface area contributed by atoms with Gasteiger partial charge in [0.1, 0.15) is 0 Å². The molecule has 0 amide bonds. The van der Waals surface area contributed by atoms with Crippen LogP contribution in [0.2, 0.25) is 0 Å². The highest BCUT2D eigenvalue weighted by atomic mass is 32.2. The molecule has 1 fully saturated rings. The summed E-state index contributed by atoms with van der Waals surface area (Å²) in [4.78, 5) is 0. The first-order chi connectivity index (χ1) is 5.68. The third-order valence-corrected chi connectivity index (χ3v) is 2.89. The van der Waals surface area contributed by atoms with Crippen molar-refractivity contribution < 1.29 is 13.5 Å². The Morgan fingerprint density at radius 3 is 2.58 bits per heavy atom. The molecular weight excluding hydrogens is 178 g/mol. The van der Waals surface area contributed by atoms with E-state index in [0.29, 0.717) is 26.1 Å². The molecule has 5 heteroatoms. The lowest BCUT2D eigenvalue weighted by Crippen LogP contribution is -2.33. The lowest BCUT2D eigenvalue weighted by molar-refractivity contribution is 0.0490. The van der Waals surface area contributed by atoms with Gasteiger partial charge in [0, 0.05) is 13.2 Å². The van der Waals surface area contributed by atoms with Crippen LogP contribution in [0.3, 0.4) is 0 Å². The number of hydrogen-bond donors (Lipinski definition) is 1. The molecule has 1 N–H and O–H groups in total. The first-order valence-corrected chi connectivity index (χ1v) is 5.03. The van der Waals surface area contributed by atoms with E-state index in [1.54, 1.807) is 0 Å². The molecule has 1 atom stereocenters. The molecule has 1 aliphatic heterocycles. The molecule has 0 aromatic carbocycles. The van der Waals surface area contributed by atoms with Crippen LogP contribution < -0.4 is 0 Å². The van der Waals surface area contributed by atoms with Crippen molar-refractivity contribution in [2.75, 3.05) is 19.0 Å². The van der Waals surface area contributed by atoms with E-state index in [1.807, 2.05) is 0 Å². The van der Waals surface area contributed by atoms with Crippen molar-refractivity contribution in [3.63, 3.8) is 0 Å². The van der Waals surface area contributed by atoms with Crippen molar-refractivity contribution in [2.24, 2.45) is 5.41 Å². The van der Waals surface area contributed by atoms with Gasteiger partial charge in [0.25, 0.3) is 0 Å². The van der Waals surface area contributed by atoms with E-state index in [4.69, 9.17) is 14.6 Å². The van der Waals surface area contributed by atoms with Crippen LogP contribution in [0.5, 0.6) is 0 Å². The quantitative estimate of drug-likeness (QED) is 0.643. The van der Waals surface area contributed by atoms with Gasteiger partial charge in [-0.3, -0.25) is 0 Å². The lowest BCUT2D eigenvalue weighted by atomic mass is 9.84. The van der Waals surface area contributed by atoms with Crippen LogP contribution in [0.4, 0.5) is 0 Å². The van der Waals surface area contributed by atoms with Crippen LogP contribution in [0.1, 0.15) is 12.8 Å². The third kappa shape index (κ3) is 2.27. The molecule has 1 heterocycles. The Kier molecular flexibility index (Phi) is 3.20. The Hall–Kier alpha value is -0.440. The second-order valence-electron chi connectivity index (χ2n) is 2.97. The fraction of sp³-hybridized carbons (Fsp3) is 0.857. The first kappa shape index (κ1) is 9.65. The van der Waals surface area contributed by atoms with E-state index in [9.17, 15) is 4.21 Å². The molecule has 1 rings (SSSR count). The van der Waals surface area contributed by atoms with Crippen LogP contribution in [0.25, 0.3) is 0 Å². The predicted molar refractivity (Wildman–Crippen MR) is 43.7 cm³/mol. The van der Waals surface area contributed by atoms with Gasteiger partial charge in [-0.1, -0.05) is 0 Å². The minimum absolute atomic E-state index is 0.0485. The first-order valence-electron chi connectivity index (χ1n) is 3.75. The summed E-state index contributed by atoms with van der Waals surface area (Å²) in [5.41, 5.74) is -0.627. The van der Waals surface area contributed by atoms with E-state index in [2.05, 4.69) is 6.07 Å². The number of ether oxygens (including phenoxy) is 1. The molecule has 68 valence electrons. The van der Waals surface area contributed by atoms with Crippen LogP contribution in [0, 0.1) is 16.7 Å². The summed E-state index contributed by atoms with van der Waals surface area (Å²) in [5.74, 6) is 0.0485. The Morgan fingerprint density at radius 2 is 2.17 bits per heavy atom. The van der Waals surface area contributed by atoms with Gasteiger partial charge in [0.2, 0.25) is 0 Å². The Morgan fingerprint density at radius 1 is 1.58 bits per heavy atom. The van der Waals surface area contributed by atoms with E-state index >= 15 is 0 Å². The van der Waals surface area contributed by atoms with Crippen LogP contribution >= 0.6 is 0 Å². The largest absolute Gasteiger partial charge is 0.381 e. The number of hydrogen-bond acceptors (Lipinski definition) is 3. The van der Waals surface area contributed by atoms with E-state index in [-0.39, 0.29) is 5.75 Å². The van der Waals surface area contributed by atoms with Gasteiger partial charge < -0.3 is 9.29 Å². The maximum Gasteiger partial charge on any atom is 0.154 e. The molecule has 1 saturated heterocycles. The lowest BCUT2D eigenvalue weighted by Gasteiger charge is -2.28. The summed E-state index contributed by atoms with van der Waals surface area (Å²) in [7, 11) is 0. The van der Waals surface area contributed by atoms with Crippen molar-refractivity contribution in [3.05, 3.63) is 0 Å². The average Bonchev–Trinajstić information content (AvgIpc) is 2.05. The van der Waals surface area contributed by atoms with Crippen molar-refractivity contribution in [3.8, 4) is 6.07 Å². The maximum absolute atomic E-state index is 10.6. The van der Waals surface area contributed by atoms with Gasteiger partial charge in [0.05, 0.1) is 17.2 Å². The van der Waals surface area contributed by atoms with Crippen molar-refractivity contribution in [1.29, 1.82) is 5.26 Å². The van der Waals surface area contributed by atoms with Gasteiger partial charge in [-0.05, 0) is 12.8 Å². The molecule has 1 unspecified atom stereocenters. The number of rotatable bonds is 2. The highest BCUT2D eigenvalue weighted by Gasteiger charge is 2.34. The van der Waals surface area contributed by atoms with Crippen molar-refractivity contribution in [2.45, 2.75) is 12.8 Å². The van der Waals surface area contributed by atoms with Crippen molar-refractivity contribution >= 4 is 11.1 Å². The fourth-order valence-corrected chi connectivity index (χ4v) is 2.11. The molecule has 12 heavy (non-hydrogen) atoms. The normalized spacial score (nSPS) is 24.3. The molecule has 1 aliphatic rings. The minimum Gasteiger partial charge on any atom is -0.381 e. The average molecular weight is 189 g/mol. The maximum atomic E-state index is 10.6. The van der Waals surface area contributed by atoms with Crippen LogP contribution in [-0.2, 0) is 15.8 Å². The van der Waals surface area contributed by atoms with Gasteiger partial charge in [-0.15, -0.1) is 0 Å². The molecule has 0 aromatic rings. The van der Waals surface area contributed by atoms with Gasteiger partial charge in [-0.2, -0.15) is 5.26 Å². The number of nitrogens with zero attached hydrogens (tertiary/aromatic N) is 1. The molecule has 0 saturated carbocycles. The Labute approximate surface area is 73.8 Å². The molecule has 0 bridgehead atoms. The van der Waals surface area contributed by atoms with E-state index in [1.165, 1.54) is 0 Å². The summed E-state index contributed by atoms with van der Waals surface area (Å²) < 4.78 is 24.3. The molecule has 0 radical (unpaired) electrons. The van der Waals surface area contributed by atoms with E-state index < -0.39 is 16.5 Å². The second kappa shape index (κ2) is 3.99.